The summed E-state index contributed by atoms with van der Waals surface area (Å²) < 4.78 is 1.81. The van der Waals surface area contributed by atoms with Crippen molar-refractivity contribution < 1.29 is 4.79 Å². The molecule has 0 aliphatic carbocycles. The lowest BCUT2D eigenvalue weighted by atomic mass is 10.1. The zero-order chi connectivity index (χ0) is 13.4. The number of hydrogen-bond donors (Lipinski definition) is 0. The van der Waals surface area contributed by atoms with Crippen LogP contribution in [0.25, 0.3) is 5.65 Å². The molecule has 2 aromatic heterocycles. The Balaban J connectivity index is 2.05. The van der Waals surface area contributed by atoms with E-state index in [-0.39, 0.29) is 5.91 Å². The average Bonchev–Trinajstić information content (AvgIpc) is 3.07. The van der Waals surface area contributed by atoms with Gasteiger partial charge in [-0.2, -0.15) is 5.10 Å². The maximum absolute atomic E-state index is 12.4. The molecule has 1 aliphatic heterocycles. The van der Waals surface area contributed by atoms with Gasteiger partial charge in [0.15, 0.2) is 5.65 Å². The molecular formula is C14H18N4O. The molecule has 0 aromatic carbocycles. The molecule has 0 radical (unpaired) electrons. The Morgan fingerprint density at radius 3 is 2.74 bits per heavy atom. The summed E-state index contributed by atoms with van der Waals surface area (Å²) in [5.74, 6) is 0.346. The van der Waals surface area contributed by atoms with E-state index >= 15 is 0 Å². The molecule has 0 saturated carbocycles. The fourth-order valence-electron chi connectivity index (χ4n) is 2.54. The van der Waals surface area contributed by atoms with E-state index in [1.165, 1.54) is 0 Å². The van der Waals surface area contributed by atoms with Crippen LogP contribution in [0.5, 0.6) is 0 Å². The van der Waals surface area contributed by atoms with Gasteiger partial charge in [-0.1, -0.05) is 13.8 Å². The summed E-state index contributed by atoms with van der Waals surface area (Å²) in [5.41, 5.74) is 2.31. The highest BCUT2D eigenvalue weighted by atomic mass is 16.2. The summed E-state index contributed by atoms with van der Waals surface area (Å²) in [7, 11) is 0. The first-order valence-corrected chi connectivity index (χ1v) is 6.81. The van der Waals surface area contributed by atoms with Gasteiger partial charge in [-0.05, 0) is 24.8 Å². The number of nitrogens with zero attached hydrogens (tertiary/aromatic N) is 4. The first-order valence-electron chi connectivity index (χ1n) is 6.81. The van der Waals surface area contributed by atoms with Crippen molar-refractivity contribution in [2.75, 3.05) is 13.1 Å². The Labute approximate surface area is 112 Å². The van der Waals surface area contributed by atoms with E-state index in [0.29, 0.717) is 11.6 Å². The fourth-order valence-corrected chi connectivity index (χ4v) is 2.54. The number of fused-ring (bicyclic) bond motifs is 1. The molecule has 3 rings (SSSR count). The number of amides is 1. The maximum atomic E-state index is 12.4. The quantitative estimate of drug-likeness (QED) is 0.828. The highest BCUT2D eigenvalue weighted by Crippen LogP contribution is 2.19. The number of carbonyl (C=O) groups is 1. The van der Waals surface area contributed by atoms with Crippen molar-refractivity contribution in [3.63, 3.8) is 0 Å². The molecule has 19 heavy (non-hydrogen) atoms. The smallest absolute Gasteiger partial charge is 0.272 e. The number of hydrogen-bond acceptors (Lipinski definition) is 3. The molecule has 5 nitrogen and oxygen atoms in total. The first-order chi connectivity index (χ1) is 9.16. The van der Waals surface area contributed by atoms with E-state index in [1.807, 2.05) is 21.5 Å². The summed E-state index contributed by atoms with van der Waals surface area (Å²) in [5, 5.41) is 4.27. The van der Waals surface area contributed by atoms with Crippen LogP contribution in [0.4, 0.5) is 0 Å². The van der Waals surface area contributed by atoms with E-state index in [9.17, 15) is 4.79 Å². The zero-order valence-electron chi connectivity index (χ0n) is 11.3. The van der Waals surface area contributed by atoms with Gasteiger partial charge in [0, 0.05) is 24.8 Å². The minimum absolute atomic E-state index is 0.0445. The molecule has 0 N–H and O–H groups in total. The molecule has 3 heterocycles. The molecule has 2 aromatic rings. The second-order valence-electron chi connectivity index (χ2n) is 5.32. The van der Waals surface area contributed by atoms with Crippen LogP contribution in [0, 0.1) is 0 Å². The minimum atomic E-state index is 0.0445. The van der Waals surface area contributed by atoms with Crippen molar-refractivity contribution in [1.29, 1.82) is 0 Å². The molecular weight excluding hydrogens is 240 g/mol. The van der Waals surface area contributed by atoms with Crippen molar-refractivity contribution in [3.05, 3.63) is 29.7 Å². The Bertz CT molecular complexity index is 611. The Kier molecular flexibility index (Phi) is 2.97. The molecule has 5 heteroatoms. The number of aromatic nitrogens is 3. The molecule has 1 fully saturated rings. The highest BCUT2D eigenvalue weighted by Gasteiger charge is 2.22. The number of rotatable bonds is 2. The van der Waals surface area contributed by atoms with Gasteiger partial charge in [-0.3, -0.25) is 4.79 Å². The van der Waals surface area contributed by atoms with Gasteiger partial charge in [0.05, 0.1) is 6.20 Å². The lowest BCUT2D eigenvalue weighted by Gasteiger charge is -2.16. The molecule has 1 aliphatic rings. The number of carbonyl (C=O) groups excluding carboxylic acids is 1. The van der Waals surface area contributed by atoms with Crippen LogP contribution in [0.2, 0.25) is 0 Å². The van der Waals surface area contributed by atoms with E-state index in [2.05, 4.69) is 23.9 Å². The summed E-state index contributed by atoms with van der Waals surface area (Å²) in [6.45, 7) is 5.89. The van der Waals surface area contributed by atoms with Gasteiger partial charge in [0.2, 0.25) is 0 Å². The number of likely N-dealkylation sites (tertiary alicyclic amines) is 1. The molecule has 1 amide bonds. The fraction of sp³-hybridized carbons (Fsp3) is 0.500. The predicted octanol–water partition coefficient (Wildman–Crippen LogP) is 2.09. The van der Waals surface area contributed by atoms with Crippen LogP contribution in [-0.2, 0) is 0 Å². The van der Waals surface area contributed by atoms with Crippen LogP contribution in [0.15, 0.2) is 18.3 Å². The topological polar surface area (TPSA) is 50.5 Å². The van der Waals surface area contributed by atoms with Crippen molar-refractivity contribution >= 4 is 11.6 Å². The predicted molar refractivity (Wildman–Crippen MR) is 72.2 cm³/mol. The van der Waals surface area contributed by atoms with Crippen LogP contribution in [-0.4, -0.2) is 38.5 Å². The third kappa shape index (κ3) is 2.09. The molecule has 0 bridgehead atoms. The summed E-state index contributed by atoms with van der Waals surface area (Å²) in [6, 6.07) is 3.72. The average molecular weight is 258 g/mol. The summed E-state index contributed by atoms with van der Waals surface area (Å²) in [4.78, 5) is 18.7. The van der Waals surface area contributed by atoms with Gasteiger partial charge in [0.1, 0.15) is 5.69 Å². The van der Waals surface area contributed by atoms with Crippen molar-refractivity contribution in [1.82, 2.24) is 19.5 Å². The Morgan fingerprint density at radius 1 is 1.32 bits per heavy atom. The second kappa shape index (κ2) is 4.64. The van der Waals surface area contributed by atoms with Crippen molar-refractivity contribution in [2.45, 2.75) is 32.6 Å². The maximum Gasteiger partial charge on any atom is 0.272 e. The third-order valence-corrected chi connectivity index (χ3v) is 3.59. The molecule has 100 valence electrons. The highest BCUT2D eigenvalue weighted by molar-refractivity contribution is 5.93. The molecule has 0 spiro atoms. The van der Waals surface area contributed by atoms with Crippen LogP contribution in [0.3, 0.4) is 0 Å². The van der Waals surface area contributed by atoms with Crippen molar-refractivity contribution in [2.24, 2.45) is 0 Å². The first kappa shape index (κ1) is 12.1. The van der Waals surface area contributed by atoms with Crippen LogP contribution >= 0.6 is 0 Å². The largest absolute Gasteiger partial charge is 0.337 e. The second-order valence-corrected chi connectivity index (χ2v) is 5.32. The van der Waals surface area contributed by atoms with Gasteiger partial charge in [-0.25, -0.2) is 9.50 Å². The zero-order valence-corrected chi connectivity index (χ0v) is 11.3. The molecule has 0 atom stereocenters. The van der Waals surface area contributed by atoms with E-state index in [4.69, 9.17) is 0 Å². The third-order valence-electron chi connectivity index (χ3n) is 3.59. The minimum Gasteiger partial charge on any atom is -0.337 e. The lowest BCUT2D eigenvalue weighted by molar-refractivity contribution is 0.0787. The summed E-state index contributed by atoms with van der Waals surface area (Å²) >= 11 is 0. The van der Waals surface area contributed by atoms with E-state index in [1.54, 1.807) is 6.20 Å². The lowest BCUT2D eigenvalue weighted by Crippen LogP contribution is -2.28. The van der Waals surface area contributed by atoms with Crippen LogP contribution < -0.4 is 0 Å². The molecule has 1 saturated heterocycles. The van der Waals surface area contributed by atoms with E-state index < -0.39 is 0 Å². The van der Waals surface area contributed by atoms with Gasteiger partial charge < -0.3 is 4.90 Å². The monoisotopic (exact) mass is 258 g/mol. The summed E-state index contributed by atoms with van der Waals surface area (Å²) in [6.07, 6.45) is 3.91. The van der Waals surface area contributed by atoms with Crippen LogP contribution in [0.1, 0.15) is 48.8 Å². The van der Waals surface area contributed by atoms with Gasteiger partial charge >= 0.3 is 0 Å². The van der Waals surface area contributed by atoms with Gasteiger partial charge in [0.25, 0.3) is 5.91 Å². The Morgan fingerprint density at radius 2 is 2.05 bits per heavy atom. The van der Waals surface area contributed by atoms with Gasteiger partial charge in [-0.15, -0.1) is 0 Å². The SMILES string of the molecule is CC(C)c1cc(C(=O)N2CCCC2)nc2ccnn12. The normalized spacial score (nSPS) is 15.6. The Hall–Kier alpha value is -1.91. The van der Waals surface area contributed by atoms with E-state index in [0.717, 1.165) is 37.3 Å². The van der Waals surface area contributed by atoms with Crippen molar-refractivity contribution in [3.8, 4) is 0 Å². The molecule has 0 unspecified atom stereocenters. The standard InChI is InChI=1S/C14H18N4O/c1-10(2)12-9-11(14(19)17-7-3-4-8-17)16-13-5-6-15-18(12)13/h5-6,9-10H,3-4,7-8H2,1-2H3.